The van der Waals surface area contributed by atoms with Gasteiger partial charge in [0.25, 0.3) is 5.91 Å². The summed E-state index contributed by atoms with van der Waals surface area (Å²) in [6, 6.07) is 6.26. The number of benzene rings is 1. The summed E-state index contributed by atoms with van der Waals surface area (Å²) in [7, 11) is 0. The van der Waals surface area contributed by atoms with E-state index in [-0.39, 0.29) is 36.5 Å². The van der Waals surface area contributed by atoms with E-state index in [1.807, 2.05) is 27.7 Å². The van der Waals surface area contributed by atoms with Crippen LogP contribution in [0.5, 0.6) is 0 Å². The highest BCUT2D eigenvalue weighted by Crippen LogP contribution is 2.16. The van der Waals surface area contributed by atoms with E-state index in [1.165, 1.54) is 16.9 Å². The van der Waals surface area contributed by atoms with Gasteiger partial charge in [-0.3, -0.25) is 4.79 Å². The fourth-order valence-corrected chi connectivity index (χ4v) is 4.01. The Morgan fingerprint density at radius 3 is 2.77 bits per heavy atom. The molecule has 3 aromatic rings. The van der Waals surface area contributed by atoms with Crippen molar-refractivity contribution < 1.29 is 23.5 Å². The Hall–Kier alpha value is -4.00. The Labute approximate surface area is 225 Å². The quantitative estimate of drug-likeness (QED) is 0.479. The minimum absolute atomic E-state index is 0.148. The van der Waals surface area contributed by atoms with Crippen LogP contribution in [-0.4, -0.2) is 78.5 Å². The molecule has 1 aliphatic heterocycles. The average Bonchev–Trinajstić information content (AvgIpc) is 3.35. The summed E-state index contributed by atoms with van der Waals surface area (Å²) < 4.78 is 25.0. The van der Waals surface area contributed by atoms with Crippen LogP contribution in [-0.2, 0) is 29.0 Å². The molecule has 3 heterocycles. The van der Waals surface area contributed by atoms with Gasteiger partial charge < -0.3 is 19.7 Å². The van der Waals surface area contributed by atoms with Crippen LogP contribution in [0.4, 0.5) is 9.18 Å². The van der Waals surface area contributed by atoms with E-state index >= 15 is 0 Å². The fraction of sp³-hybridized carbons (Fsp3) is 0.500. The van der Waals surface area contributed by atoms with Crippen molar-refractivity contribution in [2.45, 2.75) is 65.8 Å². The maximum Gasteiger partial charge on any atom is 0.410 e. The number of rotatable bonds is 7. The minimum Gasteiger partial charge on any atom is -0.444 e. The molecule has 13 heteroatoms. The van der Waals surface area contributed by atoms with Gasteiger partial charge in [0.15, 0.2) is 0 Å². The molecule has 0 saturated carbocycles. The molecule has 39 heavy (non-hydrogen) atoms. The number of hydrogen-bond donors (Lipinski definition) is 1. The van der Waals surface area contributed by atoms with Crippen molar-refractivity contribution in [3.05, 3.63) is 52.7 Å². The fourth-order valence-electron chi connectivity index (χ4n) is 4.01. The zero-order chi connectivity index (χ0) is 28.2. The van der Waals surface area contributed by atoms with Crippen molar-refractivity contribution in [2.24, 2.45) is 0 Å². The number of morpholine rings is 1. The monoisotopic (exact) mass is 540 g/mol. The number of nitrogens with zero attached hydrogens (tertiary/aromatic N) is 7. The Morgan fingerprint density at radius 2 is 2.03 bits per heavy atom. The van der Waals surface area contributed by atoms with Crippen molar-refractivity contribution in [3.63, 3.8) is 0 Å². The summed E-state index contributed by atoms with van der Waals surface area (Å²) in [6.07, 6.45) is -0.179. The van der Waals surface area contributed by atoms with Crippen LogP contribution in [0.15, 0.2) is 24.3 Å². The first-order valence-electron chi connectivity index (χ1n) is 12.8. The van der Waals surface area contributed by atoms with E-state index in [1.54, 1.807) is 24.0 Å². The third-order valence-electron chi connectivity index (χ3n) is 5.85. The Morgan fingerprint density at radius 1 is 1.23 bits per heavy atom. The van der Waals surface area contributed by atoms with E-state index in [2.05, 4.69) is 30.7 Å². The lowest BCUT2D eigenvalue weighted by Gasteiger charge is -2.33. The normalized spacial score (nSPS) is 15.7. The Kier molecular flexibility index (Phi) is 8.48. The standard InChI is InChI=1S/C26H33FN8O4/c1-6-18-11-17(7-8-20(18)27)13-28-24(36)22-12-21(29-16(2)30-22)23-31-33-35(32-23)15-19-14-34(9-10-38-19)25(37)39-26(3,4)5/h7-8,11-12,19H,6,9-10,13-15H2,1-5H3,(H,28,36)/t19-/m0/s1. The molecule has 1 aromatic carbocycles. The zero-order valence-electron chi connectivity index (χ0n) is 22.8. The van der Waals surface area contributed by atoms with Crippen molar-refractivity contribution in [1.82, 2.24) is 40.4 Å². The summed E-state index contributed by atoms with van der Waals surface area (Å²) in [6.45, 7) is 10.6. The predicted octanol–water partition coefficient (Wildman–Crippen LogP) is 2.71. The second kappa shape index (κ2) is 11.8. The number of amides is 2. The van der Waals surface area contributed by atoms with Gasteiger partial charge in [0.1, 0.15) is 28.6 Å². The lowest BCUT2D eigenvalue weighted by atomic mass is 10.1. The molecule has 0 bridgehead atoms. The van der Waals surface area contributed by atoms with Gasteiger partial charge in [0, 0.05) is 13.1 Å². The lowest BCUT2D eigenvalue weighted by Crippen LogP contribution is -2.48. The van der Waals surface area contributed by atoms with E-state index in [9.17, 15) is 14.0 Å². The minimum atomic E-state index is -0.585. The molecule has 0 aliphatic carbocycles. The maximum atomic E-state index is 13.8. The first-order chi connectivity index (χ1) is 18.5. The second-order valence-corrected chi connectivity index (χ2v) is 10.2. The van der Waals surface area contributed by atoms with Crippen molar-refractivity contribution >= 4 is 12.0 Å². The molecule has 2 amide bonds. The Balaban J connectivity index is 1.40. The number of carbonyl (C=O) groups excluding carboxylic acids is 2. The molecule has 0 radical (unpaired) electrons. The molecule has 1 N–H and O–H groups in total. The largest absolute Gasteiger partial charge is 0.444 e. The number of ether oxygens (including phenoxy) is 2. The van der Waals surface area contributed by atoms with Gasteiger partial charge in [-0.15, -0.1) is 10.2 Å². The second-order valence-electron chi connectivity index (χ2n) is 10.2. The number of aryl methyl sites for hydroxylation is 2. The number of carbonyl (C=O) groups is 2. The van der Waals surface area contributed by atoms with Gasteiger partial charge in [-0.05, 0) is 62.6 Å². The smallest absolute Gasteiger partial charge is 0.410 e. The highest BCUT2D eigenvalue weighted by atomic mass is 19.1. The van der Waals surface area contributed by atoms with E-state index < -0.39 is 17.6 Å². The van der Waals surface area contributed by atoms with Crippen LogP contribution >= 0.6 is 0 Å². The first-order valence-corrected chi connectivity index (χ1v) is 12.8. The van der Waals surface area contributed by atoms with Gasteiger partial charge in [-0.25, -0.2) is 19.2 Å². The molecule has 1 atom stereocenters. The highest BCUT2D eigenvalue weighted by Gasteiger charge is 2.29. The molecule has 1 fully saturated rings. The van der Waals surface area contributed by atoms with E-state index in [0.29, 0.717) is 43.2 Å². The number of tetrazole rings is 1. The van der Waals surface area contributed by atoms with Gasteiger partial charge in [-0.1, -0.05) is 19.1 Å². The summed E-state index contributed by atoms with van der Waals surface area (Å²) in [5.74, 6) is -0.0814. The van der Waals surface area contributed by atoms with Gasteiger partial charge in [0.05, 0.1) is 25.8 Å². The lowest BCUT2D eigenvalue weighted by molar-refractivity contribution is -0.0497. The molecular weight excluding hydrogens is 507 g/mol. The molecule has 1 saturated heterocycles. The summed E-state index contributed by atoms with van der Waals surface area (Å²) in [4.78, 5) is 36.8. The molecule has 4 rings (SSSR count). The van der Waals surface area contributed by atoms with Crippen LogP contribution in [0, 0.1) is 12.7 Å². The van der Waals surface area contributed by atoms with Crippen LogP contribution in [0.25, 0.3) is 11.5 Å². The number of halogens is 1. The number of aromatic nitrogens is 6. The molecule has 1 aliphatic rings. The summed E-state index contributed by atoms with van der Waals surface area (Å²) >= 11 is 0. The van der Waals surface area contributed by atoms with Crippen LogP contribution < -0.4 is 5.32 Å². The topological polar surface area (TPSA) is 137 Å². The first kappa shape index (κ1) is 28.0. The third kappa shape index (κ3) is 7.53. The predicted molar refractivity (Wildman–Crippen MR) is 138 cm³/mol. The van der Waals surface area contributed by atoms with Crippen LogP contribution in [0.3, 0.4) is 0 Å². The number of hydrogen-bond acceptors (Lipinski definition) is 9. The molecule has 2 aromatic heterocycles. The maximum absolute atomic E-state index is 13.8. The van der Waals surface area contributed by atoms with Crippen LogP contribution in [0.2, 0.25) is 0 Å². The Bertz CT molecular complexity index is 1340. The summed E-state index contributed by atoms with van der Waals surface area (Å²) in [5, 5.41) is 15.4. The molecule has 0 unspecified atom stereocenters. The van der Waals surface area contributed by atoms with Crippen LogP contribution in [0.1, 0.15) is 55.1 Å². The molecule has 208 valence electrons. The molecule has 12 nitrogen and oxygen atoms in total. The highest BCUT2D eigenvalue weighted by molar-refractivity contribution is 5.93. The summed E-state index contributed by atoms with van der Waals surface area (Å²) in [5.41, 5.74) is 1.28. The van der Waals surface area contributed by atoms with Crippen molar-refractivity contribution in [3.8, 4) is 11.5 Å². The zero-order valence-corrected chi connectivity index (χ0v) is 22.8. The van der Waals surface area contributed by atoms with Crippen molar-refractivity contribution in [2.75, 3.05) is 19.7 Å². The van der Waals surface area contributed by atoms with Crippen molar-refractivity contribution in [1.29, 1.82) is 0 Å². The van der Waals surface area contributed by atoms with Gasteiger partial charge in [-0.2, -0.15) is 4.80 Å². The van der Waals surface area contributed by atoms with E-state index in [0.717, 1.165) is 5.56 Å². The third-order valence-corrected chi connectivity index (χ3v) is 5.85. The number of nitrogens with one attached hydrogen (secondary N) is 1. The average molecular weight is 541 g/mol. The molecular formula is C26H33FN8O4. The molecule has 0 spiro atoms. The van der Waals surface area contributed by atoms with Gasteiger partial charge >= 0.3 is 6.09 Å². The van der Waals surface area contributed by atoms with Gasteiger partial charge in [0.2, 0.25) is 5.82 Å². The SMILES string of the molecule is CCc1cc(CNC(=O)c2cc(-c3nnn(C[C@@H]4CN(C(=O)OC(C)(C)C)CCO4)n3)nc(C)n2)ccc1F. The van der Waals surface area contributed by atoms with E-state index in [4.69, 9.17) is 9.47 Å².